The van der Waals surface area contributed by atoms with Crippen LogP contribution in [-0.2, 0) is 0 Å². The number of nitrogens with one attached hydrogen (secondary N) is 1. The first-order valence-electron chi connectivity index (χ1n) is 7.89. The van der Waals surface area contributed by atoms with Crippen LogP contribution in [0.25, 0.3) is 5.69 Å². The van der Waals surface area contributed by atoms with Crippen LogP contribution in [0.15, 0.2) is 34.1 Å². The molecule has 1 heterocycles. The number of non-ortho nitro benzene ring substituents is 1. The molecule has 1 N–H and O–H groups in total. The third-order valence-electron chi connectivity index (χ3n) is 3.81. The highest BCUT2D eigenvalue weighted by molar-refractivity contribution is 5.99. The van der Waals surface area contributed by atoms with E-state index in [1.165, 1.54) is 16.8 Å². The molecule has 1 aromatic carbocycles. The maximum atomic E-state index is 12.7. The zero-order chi connectivity index (χ0) is 17.9. The molecular weight excluding hydrogens is 308 g/mol. The summed E-state index contributed by atoms with van der Waals surface area (Å²) in [4.78, 5) is 27.4. The monoisotopic (exact) mass is 330 g/mol. The first kappa shape index (κ1) is 17.7. The van der Waals surface area contributed by atoms with Crippen molar-refractivity contribution in [3.05, 3.63) is 56.0 Å². The van der Waals surface area contributed by atoms with Gasteiger partial charge in [-0.25, -0.2) is 4.68 Å². The number of hydrogen-bond acceptors (Lipinski definition) is 4. The number of nitrogens with zero attached hydrogens (tertiary/aromatic N) is 3. The van der Waals surface area contributed by atoms with Gasteiger partial charge in [0.25, 0.3) is 11.2 Å². The first-order chi connectivity index (χ1) is 11.3. The Labute approximate surface area is 140 Å². The smallest absolute Gasteiger partial charge is 0.280 e. The van der Waals surface area contributed by atoms with Crippen LogP contribution >= 0.6 is 0 Å². The van der Waals surface area contributed by atoms with Crippen molar-refractivity contribution in [2.45, 2.75) is 34.1 Å². The number of nitro groups is 1. The Bertz CT molecular complexity index is 813. The van der Waals surface area contributed by atoms with Gasteiger partial charge in [-0.2, -0.15) is 0 Å². The minimum Gasteiger partial charge on any atom is -0.295 e. The van der Waals surface area contributed by atoms with Gasteiger partial charge in [-0.15, -0.1) is 0 Å². The highest BCUT2D eigenvalue weighted by Crippen LogP contribution is 2.14. The van der Waals surface area contributed by atoms with Gasteiger partial charge in [0.2, 0.25) is 0 Å². The number of hydrogen-bond donors (Lipinski definition) is 1. The molecule has 0 radical (unpaired) electrons. The molecule has 0 fully saturated rings. The molecule has 2 rings (SSSR count). The van der Waals surface area contributed by atoms with E-state index in [2.05, 4.69) is 23.9 Å². The predicted octanol–water partition coefficient (Wildman–Crippen LogP) is 3.24. The van der Waals surface area contributed by atoms with Gasteiger partial charge in [-0.05, 0) is 38.3 Å². The van der Waals surface area contributed by atoms with E-state index < -0.39 is 4.92 Å². The van der Waals surface area contributed by atoms with E-state index in [1.807, 2.05) is 13.8 Å². The lowest BCUT2D eigenvalue weighted by molar-refractivity contribution is -0.384. The third-order valence-corrected chi connectivity index (χ3v) is 3.81. The summed E-state index contributed by atoms with van der Waals surface area (Å²) in [6.07, 6.45) is 0.970. The van der Waals surface area contributed by atoms with Crippen molar-refractivity contribution in [2.24, 2.45) is 10.9 Å². The summed E-state index contributed by atoms with van der Waals surface area (Å²) < 4.78 is 1.38. The van der Waals surface area contributed by atoms with Gasteiger partial charge < -0.3 is 0 Å². The number of nitro benzene ring substituents is 1. The largest absolute Gasteiger partial charge is 0.295 e. The summed E-state index contributed by atoms with van der Waals surface area (Å²) in [6, 6.07) is 5.84. The third kappa shape index (κ3) is 3.79. The topological polar surface area (TPSA) is 93.3 Å². The second-order valence-electron chi connectivity index (χ2n) is 6.18. The number of aliphatic imine (C=N–C) groups is 1. The number of rotatable bonds is 6. The lowest BCUT2D eigenvalue weighted by atomic mass is 10.1. The Morgan fingerprint density at radius 2 is 1.96 bits per heavy atom. The van der Waals surface area contributed by atoms with Gasteiger partial charge >= 0.3 is 0 Å². The normalized spacial score (nSPS) is 12.0. The standard InChI is InChI=1S/C17H22N4O3/c1-11(2)9-10-18-12(3)16-13(4)19-20(17(16)22)14-5-7-15(8-6-14)21(23)24/h5-8,11,19H,9-10H2,1-4H3. The second-order valence-corrected chi connectivity index (χ2v) is 6.18. The van der Waals surface area contributed by atoms with E-state index in [1.54, 1.807) is 12.1 Å². The second kappa shape index (κ2) is 7.25. The minimum absolute atomic E-state index is 0.0123. The average Bonchev–Trinajstić information content (AvgIpc) is 2.81. The molecule has 0 aliphatic carbocycles. The van der Waals surface area contributed by atoms with Gasteiger partial charge in [0.15, 0.2) is 0 Å². The molecule has 0 saturated heterocycles. The fraction of sp³-hybridized carbons (Fsp3) is 0.412. The summed E-state index contributed by atoms with van der Waals surface area (Å²) in [6.45, 7) is 8.60. The van der Waals surface area contributed by atoms with E-state index >= 15 is 0 Å². The van der Waals surface area contributed by atoms with Gasteiger partial charge in [0.1, 0.15) is 0 Å². The Morgan fingerprint density at radius 1 is 1.33 bits per heavy atom. The summed E-state index contributed by atoms with van der Waals surface area (Å²) in [5, 5.41) is 13.7. The van der Waals surface area contributed by atoms with Crippen LogP contribution in [0.4, 0.5) is 5.69 Å². The molecular formula is C17H22N4O3. The van der Waals surface area contributed by atoms with Crippen molar-refractivity contribution in [1.29, 1.82) is 0 Å². The lowest BCUT2D eigenvalue weighted by Gasteiger charge is -2.02. The molecule has 2 aromatic rings. The van der Waals surface area contributed by atoms with E-state index in [9.17, 15) is 14.9 Å². The lowest BCUT2D eigenvalue weighted by Crippen LogP contribution is -2.20. The Morgan fingerprint density at radius 3 is 2.50 bits per heavy atom. The predicted molar refractivity (Wildman–Crippen MR) is 94.3 cm³/mol. The van der Waals surface area contributed by atoms with Crippen LogP contribution in [0.5, 0.6) is 0 Å². The number of benzene rings is 1. The fourth-order valence-corrected chi connectivity index (χ4v) is 2.45. The summed E-state index contributed by atoms with van der Waals surface area (Å²) >= 11 is 0. The maximum Gasteiger partial charge on any atom is 0.280 e. The molecule has 0 aliphatic heterocycles. The van der Waals surface area contributed by atoms with Crippen molar-refractivity contribution in [1.82, 2.24) is 9.78 Å². The van der Waals surface area contributed by atoms with Gasteiger partial charge in [-0.3, -0.25) is 25.0 Å². The van der Waals surface area contributed by atoms with E-state index in [0.29, 0.717) is 29.4 Å². The summed E-state index contributed by atoms with van der Waals surface area (Å²) in [5.41, 5.74) is 2.32. The molecule has 7 heteroatoms. The van der Waals surface area contributed by atoms with Crippen molar-refractivity contribution in [3.8, 4) is 5.69 Å². The highest BCUT2D eigenvalue weighted by atomic mass is 16.6. The Hall–Kier alpha value is -2.70. The average molecular weight is 330 g/mol. The quantitative estimate of drug-likeness (QED) is 0.500. The Balaban J connectivity index is 2.35. The fourth-order valence-electron chi connectivity index (χ4n) is 2.45. The van der Waals surface area contributed by atoms with Crippen LogP contribution in [0.1, 0.15) is 38.4 Å². The number of H-pyrrole nitrogens is 1. The van der Waals surface area contributed by atoms with Crippen LogP contribution in [0.2, 0.25) is 0 Å². The Kier molecular flexibility index (Phi) is 5.33. The van der Waals surface area contributed by atoms with E-state index in [4.69, 9.17) is 0 Å². The molecule has 7 nitrogen and oxygen atoms in total. The van der Waals surface area contributed by atoms with Crippen LogP contribution in [0.3, 0.4) is 0 Å². The van der Waals surface area contributed by atoms with Crippen molar-refractivity contribution >= 4 is 11.4 Å². The molecule has 24 heavy (non-hydrogen) atoms. The molecule has 0 unspecified atom stereocenters. The molecule has 0 saturated carbocycles. The number of aromatic amines is 1. The molecule has 0 aliphatic rings. The van der Waals surface area contributed by atoms with Crippen molar-refractivity contribution < 1.29 is 4.92 Å². The molecule has 0 spiro atoms. The van der Waals surface area contributed by atoms with Gasteiger partial charge in [0, 0.05) is 30.1 Å². The minimum atomic E-state index is -0.469. The molecule has 0 amide bonds. The van der Waals surface area contributed by atoms with Crippen LogP contribution in [0, 0.1) is 23.0 Å². The van der Waals surface area contributed by atoms with E-state index in [0.717, 1.165) is 12.1 Å². The first-order valence-corrected chi connectivity index (χ1v) is 7.89. The maximum absolute atomic E-state index is 12.7. The van der Waals surface area contributed by atoms with Gasteiger partial charge in [0.05, 0.1) is 16.2 Å². The van der Waals surface area contributed by atoms with Crippen molar-refractivity contribution in [3.63, 3.8) is 0 Å². The number of aromatic nitrogens is 2. The molecule has 1 aromatic heterocycles. The van der Waals surface area contributed by atoms with Crippen molar-refractivity contribution in [2.75, 3.05) is 6.54 Å². The van der Waals surface area contributed by atoms with Crippen LogP contribution < -0.4 is 5.56 Å². The zero-order valence-electron chi connectivity index (χ0n) is 14.4. The van der Waals surface area contributed by atoms with Gasteiger partial charge in [-0.1, -0.05) is 13.8 Å². The molecule has 0 atom stereocenters. The van der Waals surface area contributed by atoms with E-state index in [-0.39, 0.29) is 11.2 Å². The molecule has 0 bridgehead atoms. The van der Waals surface area contributed by atoms with Crippen LogP contribution in [-0.4, -0.2) is 27.0 Å². The summed E-state index contributed by atoms with van der Waals surface area (Å²) in [5.74, 6) is 0.561. The highest BCUT2D eigenvalue weighted by Gasteiger charge is 2.15. The SMILES string of the molecule is CC(=NCCC(C)C)c1c(C)[nH]n(-c2ccc([N+](=O)[O-])cc2)c1=O. The zero-order valence-corrected chi connectivity index (χ0v) is 14.4. The summed E-state index contributed by atoms with van der Waals surface area (Å²) in [7, 11) is 0. The number of aryl methyl sites for hydroxylation is 1. The molecule has 128 valence electrons.